The molecule has 0 bridgehead atoms. The number of carboxylic acid groups (broad SMARTS) is 1. The number of carboxylic acids is 1. The quantitative estimate of drug-likeness (QED) is 0.820. The molecule has 0 spiro atoms. The summed E-state index contributed by atoms with van der Waals surface area (Å²) in [6.45, 7) is 1.76. The van der Waals surface area contributed by atoms with Gasteiger partial charge in [0.1, 0.15) is 5.75 Å². The van der Waals surface area contributed by atoms with Crippen molar-refractivity contribution in [2.75, 3.05) is 0 Å². The molecule has 0 saturated heterocycles. The summed E-state index contributed by atoms with van der Waals surface area (Å²) in [5.74, 6) is -0.308. The number of aromatic hydroxyl groups is 1. The van der Waals surface area contributed by atoms with Crippen LogP contribution in [0.25, 0.3) is 0 Å². The maximum Gasteiger partial charge on any atom is 0.306 e. The van der Waals surface area contributed by atoms with Crippen LogP contribution in [0.5, 0.6) is 5.75 Å². The second-order valence-corrected chi connectivity index (χ2v) is 4.58. The maximum absolute atomic E-state index is 11.1. The van der Waals surface area contributed by atoms with Gasteiger partial charge in [-0.3, -0.25) is 4.79 Å². The molecular formula is C13H16O3. The topological polar surface area (TPSA) is 57.5 Å². The Hall–Kier alpha value is -1.51. The first-order chi connectivity index (χ1) is 7.59. The highest BCUT2D eigenvalue weighted by Crippen LogP contribution is 2.46. The van der Waals surface area contributed by atoms with Crippen molar-refractivity contribution >= 4 is 5.97 Å². The minimum atomic E-state index is -0.745. The Bertz CT molecular complexity index is 379. The molecule has 2 rings (SSSR count). The molecule has 86 valence electrons. The van der Waals surface area contributed by atoms with E-state index in [1.807, 2.05) is 12.1 Å². The second-order valence-electron chi connectivity index (χ2n) is 4.58. The highest BCUT2D eigenvalue weighted by molar-refractivity contribution is 5.71. The van der Waals surface area contributed by atoms with Gasteiger partial charge in [-0.05, 0) is 42.4 Å². The van der Waals surface area contributed by atoms with E-state index in [1.54, 1.807) is 19.1 Å². The SMILES string of the molecule is C[C@@H](C(=O)O)[C@H](c1ccc(O)cc1)C1CC1. The van der Waals surface area contributed by atoms with Gasteiger partial charge in [0, 0.05) is 0 Å². The van der Waals surface area contributed by atoms with Crippen LogP contribution in [0.4, 0.5) is 0 Å². The van der Waals surface area contributed by atoms with E-state index in [2.05, 4.69) is 0 Å². The molecule has 1 aliphatic rings. The molecule has 3 nitrogen and oxygen atoms in total. The number of hydrogen-bond donors (Lipinski definition) is 2. The Morgan fingerprint density at radius 1 is 1.31 bits per heavy atom. The van der Waals surface area contributed by atoms with Crippen LogP contribution in [0.3, 0.4) is 0 Å². The third-order valence-electron chi connectivity index (χ3n) is 3.34. The first-order valence-electron chi connectivity index (χ1n) is 5.61. The third-order valence-corrected chi connectivity index (χ3v) is 3.34. The van der Waals surface area contributed by atoms with Crippen LogP contribution >= 0.6 is 0 Å². The normalized spacial score (nSPS) is 19.1. The monoisotopic (exact) mass is 220 g/mol. The fourth-order valence-corrected chi connectivity index (χ4v) is 2.27. The van der Waals surface area contributed by atoms with E-state index >= 15 is 0 Å². The molecule has 0 amide bonds. The molecule has 2 atom stereocenters. The molecule has 1 aromatic carbocycles. The molecule has 0 aromatic heterocycles. The molecule has 2 N–H and O–H groups in total. The molecule has 1 aliphatic carbocycles. The fourth-order valence-electron chi connectivity index (χ4n) is 2.27. The predicted octanol–water partition coefficient (Wildman–Crippen LogP) is 2.61. The van der Waals surface area contributed by atoms with E-state index in [9.17, 15) is 9.90 Å². The summed E-state index contributed by atoms with van der Waals surface area (Å²) in [6.07, 6.45) is 2.23. The number of phenolic OH excluding ortho intramolecular Hbond substituents is 1. The Kier molecular flexibility index (Phi) is 2.86. The summed E-state index contributed by atoms with van der Waals surface area (Å²) in [4.78, 5) is 11.1. The van der Waals surface area contributed by atoms with Crippen molar-refractivity contribution in [1.29, 1.82) is 0 Å². The number of benzene rings is 1. The van der Waals surface area contributed by atoms with Gasteiger partial charge in [0.2, 0.25) is 0 Å². The number of carbonyl (C=O) groups is 1. The van der Waals surface area contributed by atoms with Gasteiger partial charge < -0.3 is 10.2 Å². The van der Waals surface area contributed by atoms with Gasteiger partial charge >= 0.3 is 5.97 Å². The summed E-state index contributed by atoms with van der Waals surface area (Å²) in [6, 6.07) is 6.91. The Balaban J connectivity index is 2.25. The fraction of sp³-hybridized carbons (Fsp3) is 0.462. The van der Waals surface area contributed by atoms with E-state index in [-0.39, 0.29) is 17.6 Å². The van der Waals surface area contributed by atoms with Crippen LogP contribution in [0, 0.1) is 11.8 Å². The summed E-state index contributed by atoms with van der Waals surface area (Å²) in [7, 11) is 0. The summed E-state index contributed by atoms with van der Waals surface area (Å²) < 4.78 is 0. The van der Waals surface area contributed by atoms with Gasteiger partial charge in [-0.2, -0.15) is 0 Å². The summed E-state index contributed by atoms with van der Waals surface area (Å²) in [5.41, 5.74) is 1.02. The van der Waals surface area contributed by atoms with Gasteiger partial charge in [-0.1, -0.05) is 19.1 Å². The molecule has 3 heteroatoms. The lowest BCUT2D eigenvalue weighted by atomic mass is 9.83. The van der Waals surface area contributed by atoms with Crippen molar-refractivity contribution in [2.45, 2.75) is 25.7 Å². The van der Waals surface area contributed by atoms with Crippen LogP contribution in [0.1, 0.15) is 31.2 Å². The van der Waals surface area contributed by atoms with Crippen molar-refractivity contribution in [3.05, 3.63) is 29.8 Å². The van der Waals surface area contributed by atoms with Crippen molar-refractivity contribution in [2.24, 2.45) is 11.8 Å². The van der Waals surface area contributed by atoms with Gasteiger partial charge in [0.05, 0.1) is 5.92 Å². The molecule has 0 heterocycles. The Morgan fingerprint density at radius 3 is 2.31 bits per heavy atom. The van der Waals surface area contributed by atoms with Gasteiger partial charge in [0.25, 0.3) is 0 Å². The van der Waals surface area contributed by atoms with Crippen LogP contribution in [0.15, 0.2) is 24.3 Å². The van der Waals surface area contributed by atoms with E-state index < -0.39 is 5.97 Å². The average molecular weight is 220 g/mol. The minimum Gasteiger partial charge on any atom is -0.508 e. The zero-order valence-corrected chi connectivity index (χ0v) is 9.26. The number of hydrogen-bond acceptors (Lipinski definition) is 2. The van der Waals surface area contributed by atoms with E-state index in [0.29, 0.717) is 5.92 Å². The minimum absolute atomic E-state index is 0.0816. The predicted molar refractivity (Wildman–Crippen MR) is 60.4 cm³/mol. The largest absolute Gasteiger partial charge is 0.508 e. The van der Waals surface area contributed by atoms with Crippen molar-refractivity contribution in [1.82, 2.24) is 0 Å². The first-order valence-corrected chi connectivity index (χ1v) is 5.61. The first kappa shape index (κ1) is 11.0. The number of rotatable bonds is 4. The molecule has 1 aromatic rings. The lowest BCUT2D eigenvalue weighted by molar-refractivity contribution is -0.142. The standard InChI is InChI=1S/C13H16O3/c1-8(13(15)16)12(9-2-3-9)10-4-6-11(14)7-5-10/h4-9,12,14H,2-3H2,1H3,(H,15,16)/t8-,12+/m1/s1. The third kappa shape index (κ3) is 2.18. The Labute approximate surface area is 94.7 Å². The zero-order chi connectivity index (χ0) is 11.7. The lowest BCUT2D eigenvalue weighted by Crippen LogP contribution is -2.20. The molecule has 0 unspecified atom stereocenters. The van der Waals surface area contributed by atoms with Crippen LogP contribution in [0.2, 0.25) is 0 Å². The van der Waals surface area contributed by atoms with E-state index in [0.717, 1.165) is 18.4 Å². The Morgan fingerprint density at radius 2 is 1.88 bits per heavy atom. The van der Waals surface area contributed by atoms with Crippen molar-refractivity contribution < 1.29 is 15.0 Å². The van der Waals surface area contributed by atoms with Crippen LogP contribution in [-0.4, -0.2) is 16.2 Å². The average Bonchev–Trinajstić information content (AvgIpc) is 3.05. The summed E-state index contributed by atoms with van der Waals surface area (Å²) >= 11 is 0. The van der Waals surface area contributed by atoms with Gasteiger partial charge in [-0.25, -0.2) is 0 Å². The zero-order valence-electron chi connectivity index (χ0n) is 9.26. The maximum atomic E-state index is 11.1. The smallest absolute Gasteiger partial charge is 0.306 e. The number of aliphatic carboxylic acids is 1. The molecule has 1 saturated carbocycles. The molecule has 0 aliphatic heterocycles. The molecule has 16 heavy (non-hydrogen) atoms. The van der Waals surface area contributed by atoms with E-state index in [1.165, 1.54) is 0 Å². The lowest BCUT2D eigenvalue weighted by Gasteiger charge is -2.21. The van der Waals surface area contributed by atoms with Gasteiger partial charge in [-0.15, -0.1) is 0 Å². The van der Waals surface area contributed by atoms with Crippen LogP contribution in [-0.2, 0) is 4.79 Å². The highest BCUT2D eigenvalue weighted by Gasteiger charge is 2.38. The van der Waals surface area contributed by atoms with Crippen molar-refractivity contribution in [3.63, 3.8) is 0 Å². The van der Waals surface area contributed by atoms with Crippen molar-refractivity contribution in [3.8, 4) is 5.75 Å². The van der Waals surface area contributed by atoms with Crippen LogP contribution < -0.4 is 0 Å². The molecular weight excluding hydrogens is 204 g/mol. The van der Waals surface area contributed by atoms with E-state index in [4.69, 9.17) is 5.11 Å². The highest BCUT2D eigenvalue weighted by atomic mass is 16.4. The van der Waals surface area contributed by atoms with Gasteiger partial charge in [0.15, 0.2) is 0 Å². The molecule has 1 fully saturated rings. The number of phenols is 1. The second kappa shape index (κ2) is 4.16. The molecule has 0 radical (unpaired) electrons. The summed E-state index contributed by atoms with van der Waals surface area (Å²) in [5, 5.41) is 18.3.